The highest BCUT2D eigenvalue weighted by atomic mass is 35.5. The number of aromatic nitrogens is 2. The van der Waals surface area contributed by atoms with Crippen LogP contribution >= 0.6 is 164 Å². The quantitative estimate of drug-likeness (QED) is 0.0182. The normalized spacial score (nSPS) is 10.4. The van der Waals surface area contributed by atoms with Crippen molar-refractivity contribution < 1.29 is 18.8 Å². The summed E-state index contributed by atoms with van der Waals surface area (Å²) in [6.07, 6.45) is 8.20. The van der Waals surface area contributed by atoms with Gasteiger partial charge in [-0.1, -0.05) is 107 Å². The van der Waals surface area contributed by atoms with Crippen molar-refractivity contribution in [3.05, 3.63) is 272 Å². The Morgan fingerprint density at radius 3 is 1.18 bits per heavy atom. The molecule has 0 bridgehead atoms. The van der Waals surface area contributed by atoms with Crippen molar-refractivity contribution in [3.63, 3.8) is 0 Å². The first-order valence-electron chi connectivity index (χ1n) is 27.4. The summed E-state index contributed by atoms with van der Waals surface area (Å²) >= 11 is 50.9. The first kappa shape index (κ1) is 74.6. The smallest absolute Gasteiger partial charge is 0.255 e. The van der Waals surface area contributed by atoms with Gasteiger partial charge in [0.05, 0.1) is 39.6 Å². The van der Waals surface area contributed by atoms with Crippen LogP contribution in [0.15, 0.2) is 255 Å². The lowest BCUT2D eigenvalue weighted by molar-refractivity contribution is -0.160. The molecule has 2 heterocycles. The van der Waals surface area contributed by atoms with Gasteiger partial charge in [0.25, 0.3) is 11.1 Å². The molecule has 4 N–H and O–H groups in total. The average Bonchev–Trinajstić information content (AvgIpc) is 1.94. The number of nitrogens with two attached hydrogens (primary N) is 1. The fourth-order valence-electron chi connectivity index (χ4n) is 7.64. The molecule has 23 heteroatoms. The van der Waals surface area contributed by atoms with Gasteiger partial charge in [0.1, 0.15) is 15.0 Å². The lowest BCUT2D eigenvalue weighted by Gasteiger charge is -2.08. The van der Waals surface area contributed by atoms with Crippen molar-refractivity contribution in [3.8, 4) is 21.1 Å². The number of fused-ring (bicyclic) bond motifs is 2. The highest BCUT2D eigenvalue weighted by molar-refractivity contribution is 7.99. The Labute approximate surface area is 606 Å². The van der Waals surface area contributed by atoms with Gasteiger partial charge in [-0.2, -0.15) is 4.33 Å². The highest BCUT2D eigenvalue weighted by Crippen LogP contribution is 2.35. The maximum atomic E-state index is 11.9. The van der Waals surface area contributed by atoms with Crippen LogP contribution in [0.3, 0.4) is 0 Å². The standard InChI is InChI=1S/C14H10ClNO2S2.C14H12ClNOS.C14H10ClNS2.C14H12ClNS2.C7H4Cl2O.C7H9NS/c1-17-18-20-11-6-7-12-13(8-11)19-14(16-12)9-2-4-10(15)5-3-9;1-18-13-8-6-12(7-9-13)16-14(17)10-2-4-11(15)5-3-10;1-17-11-6-7-12-13(8-11)18-14(16-12)9-2-4-10(15)5-3-9;1-18-13-8-6-12(7-9-13)16-14(17)10-2-4-11(15)5-3-10;8-6-3-1-5(2-4-6)7(9)10;1-9-7-4-2-6(8)3-5-7/h2-8H,1H3;2-9H,1H3,(H,16,17);2-8H,1H3;2-9H,1H3,(H,16,17);1-4H;2-5H,8H2,1H3. The summed E-state index contributed by atoms with van der Waals surface area (Å²) < 4.78 is 7.20. The van der Waals surface area contributed by atoms with E-state index in [0.717, 1.165) is 74.4 Å². The van der Waals surface area contributed by atoms with E-state index < -0.39 is 5.24 Å². The van der Waals surface area contributed by atoms with Gasteiger partial charge in [-0.25, -0.2) is 14.9 Å². The third kappa shape index (κ3) is 25.1. The second-order valence-corrected chi connectivity index (χ2v) is 28.1. The maximum absolute atomic E-state index is 11.9. The largest absolute Gasteiger partial charge is 0.399 e. The predicted molar refractivity (Wildman–Crippen MR) is 413 cm³/mol. The van der Waals surface area contributed by atoms with Crippen molar-refractivity contribution in [2.24, 2.45) is 0 Å². The number of thioether (sulfide) groups is 4. The fraction of sp³-hybridized carbons (Fsp3) is 0.0714. The number of nitrogens with zero attached hydrogens (tertiary/aromatic N) is 2. The second-order valence-electron chi connectivity index (χ2n) is 18.8. The molecule has 9 nitrogen and oxygen atoms in total. The second kappa shape index (κ2) is 39.3. The van der Waals surface area contributed by atoms with E-state index in [1.54, 1.807) is 118 Å². The number of hydrogen-bond donors (Lipinski definition) is 3. The van der Waals surface area contributed by atoms with E-state index in [4.69, 9.17) is 91.9 Å². The van der Waals surface area contributed by atoms with E-state index in [1.165, 1.54) is 43.4 Å². The zero-order chi connectivity index (χ0) is 66.7. The molecule has 12 rings (SSSR count). The zero-order valence-electron chi connectivity index (χ0n) is 50.1. The van der Waals surface area contributed by atoms with Gasteiger partial charge in [-0.05, 0) is 231 Å². The summed E-state index contributed by atoms with van der Waals surface area (Å²) in [6.45, 7) is 0. The number of halogens is 6. The average molecular weight is 1500 g/mol. The number of nitrogen functional groups attached to an aromatic ring is 1. The fourth-order valence-corrected chi connectivity index (χ4v) is 12.9. The Morgan fingerprint density at radius 1 is 0.441 bits per heavy atom. The molecule has 0 aliphatic rings. The molecular formula is C70H57Cl6N5O4S8. The van der Waals surface area contributed by atoms with Gasteiger partial charge >= 0.3 is 0 Å². The van der Waals surface area contributed by atoms with Crippen LogP contribution < -0.4 is 16.4 Å². The minimum atomic E-state index is -0.461. The zero-order valence-corrected chi connectivity index (χ0v) is 61.1. The van der Waals surface area contributed by atoms with Crippen molar-refractivity contribution in [2.45, 2.75) is 24.5 Å². The summed E-state index contributed by atoms with van der Waals surface area (Å²) in [5.41, 5.74) is 14.3. The monoisotopic (exact) mass is 1500 g/mol. The number of rotatable bonds is 14. The van der Waals surface area contributed by atoms with Crippen LogP contribution in [0.5, 0.6) is 0 Å². The van der Waals surface area contributed by atoms with Crippen LogP contribution in [-0.2, 0) is 9.22 Å². The first-order valence-corrected chi connectivity index (χ1v) is 37.4. The molecule has 0 radical (unpaired) electrons. The Bertz CT molecular complexity index is 4210. The van der Waals surface area contributed by atoms with E-state index in [0.29, 0.717) is 31.2 Å². The molecule has 0 saturated carbocycles. The molecule has 93 heavy (non-hydrogen) atoms. The van der Waals surface area contributed by atoms with Crippen LogP contribution in [0.4, 0.5) is 17.1 Å². The molecule has 0 fully saturated rings. The maximum Gasteiger partial charge on any atom is 0.255 e. The molecule has 0 saturated heterocycles. The van der Waals surface area contributed by atoms with E-state index in [-0.39, 0.29) is 5.91 Å². The van der Waals surface area contributed by atoms with Crippen molar-refractivity contribution >= 4 is 217 Å². The Hall–Kier alpha value is -5.78. The number of hydrogen-bond acceptors (Lipinski definition) is 15. The van der Waals surface area contributed by atoms with Gasteiger partial charge in [-0.15, -0.1) is 69.7 Å². The molecule has 0 spiro atoms. The third-order valence-corrected chi connectivity index (χ3v) is 20.0. The van der Waals surface area contributed by atoms with E-state index in [2.05, 4.69) is 68.3 Å². The lowest BCUT2D eigenvalue weighted by atomic mass is 10.2. The minimum absolute atomic E-state index is 0.136. The van der Waals surface area contributed by atoms with E-state index >= 15 is 0 Å². The Morgan fingerprint density at radius 2 is 0.785 bits per heavy atom. The number of amides is 1. The number of thiazole rings is 2. The number of thiocarbonyl (C=S) groups is 1. The van der Waals surface area contributed by atoms with E-state index in [1.807, 2.05) is 164 Å². The molecule has 12 aromatic rings. The number of carbonyl (C=O) groups excluding carboxylic acids is 2. The van der Waals surface area contributed by atoms with Crippen LogP contribution in [0.25, 0.3) is 41.6 Å². The van der Waals surface area contributed by atoms with E-state index in [9.17, 15) is 9.59 Å². The van der Waals surface area contributed by atoms with Crippen LogP contribution in [0.2, 0.25) is 25.1 Å². The van der Waals surface area contributed by atoms with Crippen LogP contribution in [0, 0.1) is 0 Å². The molecule has 2 aromatic heterocycles. The molecule has 0 aliphatic heterocycles. The molecule has 1 amide bonds. The molecule has 0 atom stereocenters. The number of anilines is 3. The third-order valence-electron chi connectivity index (χ3n) is 12.4. The number of carbonyl (C=O) groups is 2. The minimum Gasteiger partial charge on any atom is -0.399 e. The molecule has 0 unspecified atom stereocenters. The number of benzene rings is 10. The van der Waals surface area contributed by atoms with Gasteiger partial charge in [0.2, 0.25) is 0 Å². The van der Waals surface area contributed by atoms with Crippen molar-refractivity contribution in [1.82, 2.24) is 9.97 Å². The van der Waals surface area contributed by atoms with Crippen LogP contribution in [0.1, 0.15) is 26.3 Å². The van der Waals surface area contributed by atoms with Gasteiger partial charge in [0.15, 0.2) is 0 Å². The summed E-state index contributed by atoms with van der Waals surface area (Å²) in [5.74, 6) is -0.136. The molecule has 0 aliphatic carbocycles. The summed E-state index contributed by atoms with van der Waals surface area (Å²) in [5, 5.41) is 11.0. The summed E-state index contributed by atoms with van der Waals surface area (Å²) in [6, 6.07) is 72.3. The topological polar surface area (TPSA) is 128 Å². The summed E-state index contributed by atoms with van der Waals surface area (Å²) in [4.78, 5) is 42.9. The van der Waals surface area contributed by atoms with Gasteiger partial charge in [0, 0.05) is 94.5 Å². The SMILES string of the molecule is COOSc1ccc2nc(-c3ccc(Cl)cc3)sc2c1.CSc1ccc(N)cc1.CSc1ccc(NC(=O)c2ccc(Cl)cc2)cc1.CSc1ccc(NC(=S)c2ccc(Cl)cc2)cc1.CSc1ccc2nc(-c3ccc(Cl)cc3)sc2c1.O=C(Cl)c1ccc(Cl)cc1. The number of nitrogens with one attached hydrogen (secondary N) is 2. The Balaban J connectivity index is 0.000000161. The van der Waals surface area contributed by atoms with Crippen LogP contribution in [-0.4, -0.2) is 58.2 Å². The first-order chi connectivity index (χ1) is 44.9. The predicted octanol–water partition coefficient (Wildman–Crippen LogP) is 24.4. The molecular weight excluding hydrogens is 1440 g/mol. The lowest BCUT2D eigenvalue weighted by Crippen LogP contribution is -2.11. The van der Waals surface area contributed by atoms with Gasteiger partial charge < -0.3 is 16.4 Å². The molecule has 476 valence electrons. The van der Waals surface area contributed by atoms with Crippen molar-refractivity contribution in [2.75, 3.05) is 48.5 Å². The molecule has 10 aromatic carbocycles. The summed E-state index contributed by atoms with van der Waals surface area (Å²) in [7, 11) is 1.48. The van der Waals surface area contributed by atoms with Gasteiger partial charge in [-0.3, -0.25) is 9.59 Å². The Kier molecular flexibility index (Phi) is 31.5. The highest BCUT2D eigenvalue weighted by Gasteiger charge is 2.11. The van der Waals surface area contributed by atoms with Crippen molar-refractivity contribution in [1.29, 1.82) is 0 Å².